The molecule has 2 aliphatic rings. The van der Waals surface area contributed by atoms with Gasteiger partial charge in [-0.15, -0.1) is 0 Å². The van der Waals surface area contributed by atoms with Crippen molar-refractivity contribution in [3.05, 3.63) is 63.8 Å². The second kappa shape index (κ2) is 7.41. The number of amides is 1. The highest BCUT2D eigenvalue weighted by Gasteiger charge is 2.30. The molecule has 1 unspecified atom stereocenters. The number of carbonyl (C=O) groups excluding carboxylic acids is 1. The van der Waals surface area contributed by atoms with Crippen LogP contribution in [-0.2, 0) is 17.8 Å². The third-order valence-corrected chi connectivity index (χ3v) is 5.08. The van der Waals surface area contributed by atoms with E-state index in [2.05, 4.69) is 20.2 Å². The van der Waals surface area contributed by atoms with Gasteiger partial charge in [0, 0.05) is 31.6 Å². The van der Waals surface area contributed by atoms with Crippen molar-refractivity contribution in [2.45, 2.75) is 44.2 Å². The minimum atomic E-state index is -0.245. The maximum absolute atomic E-state index is 12.6. The van der Waals surface area contributed by atoms with Crippen molar-refractivity contribution in [2.75, 3.05) is 13.1 Å². The van der Waals surface area contributed by atoms with Gasteiger partial charge in [-0.25, -0.2) is 4.98 Å². The number of rotatable bonds is 5. The summed E-state index contributed by atoms with van der Waals surface area (Å²) in [6.07, 6.45) is 3.74. The average molecular weight is 352 g/mol. The van der Waals surface area contributed by atoms with E-state index in [1.807, 2.05) is 30.3 Å². The number of nitrogens with zero attached hydrogens (tertiary/aromatic N) is 2. The van der Waals surface area contributed by atoms with Crippen molar-refractivity contribution in [1.82, 2.24) is 20.2 Å². The van der Waals surface area contributed by atoms with Crippen molar-refractivity contribution >= 4 is 5.91 Å². The van der Waals surface area contributed by atoms with E-state index < -0.39 is 0 Å². The average Bonchev–Trinajstić information content (AvgIpc) is 3.48. The number of hydrogen-bond acceptors (Lipinski definition) is 4. The van der Waals surface area contributed by atoms with E-state index in [1.165, 1.54) is 0 Å². The number of hydrogen-bond donors (Lipinski definition) is 2. The first-order chi connectivity index (χ1) is 12.7. The molecule has 0 spiro atoms. The van der Waals surface area contributed by atoms with Crippen molar-refractivity contribution in [2.24, 2.45) is 0 Å². The summed E-state index contributed by atoms with van der Waals surface area (Å²) in [6, 6.07) is 11.4. The van der Waals surface area contributed by atoms with Gasteiger partial charge in [-0.1, -0.05) is 30.3 Å². The molecule has 1 aliphatic heterocycles. The molecule has 136 valence electrons. The molecule has 1 aliphatic carbocycles. The summed E-state index contributed by atoms with van der Waals surface area (Å²) in [7, 11) is 0. The molecule has 2 N–H and O–H groups in total. The number of H-pyrrole nitrogens is 1. The molecular formula is C20H24N4O2. The third kappa shape index (κ3) is 4.02. The van der Waals surface area contributed by atoms with Crippen LogP contribution in [-0.4, -0.2) is 39.9 Å². The minimum Gasteiger partial charge on any atom is -0.355 e. The third-order valence-electron chi connectivity index (χ3n) is 5.08. The van der Waals surface area contributed by atoms with Gasteiger partial charge in [0.1, 0.15) is 5.82 Å². The fourth-order valence-electron chi connectivity index (χ4n) is 3.55. The number of aromatic amines is 1. The van der Waals surface area contributed by atoms with Crippen LogP contribution in [0.3, 0.4) is 0 Å². The van der Waals surface area contributed by atoms with Crippen LogP contribution in [0.25, 0.3) is 0 Å². The van der Waals surface area contributed by atoms with Crippen molar-refractivity contribution in [1.29, 1.82) is 0 Å². The summed E-state index contributed by atoms with van der Waals surface area (Å²) in [6.45, 7) is 2.02. The Bertz CT molecular complexity index is 829. The lowest BCUT2D eigenvalue weighted by atomic mass is 10.0. The molecule has 0 radical (unpaired) electrons. The van der Waals surface area contributed by atoms with E-state index in [9.17, 15) is 9.59 Å². The quantitative estimate of drug-likeness (QED) is 0.856. The molecule has 4 rings (SSSR count). The smallest absolute Gasteiger partial charge is 0.251 e. The zero-order valence-corrected chi connectivity index (χ0v) is 14.8. The van der Waals surface area contributed by atoms with Crippen LogP contribution in [0, 0.1) is 0 Å². The number of carbonyl (C=O) groups is 1. The Morgan fingerprint density at radius 2 is 1.96 bits per heavy atom. The highest BCUT2D eigenvalue weighted by Crippen LogP contribution is 2.37. The van der Waals surface area contributed by atoms with E-state index in [4.69, 9.17) is 0 Å². The Labute approximate surface area is 152 Å². The monoisotopic (exact) mass is 352 g/mol. The maximum atomic E-state index is 12.6. The molecule has 2 fully saturated rings. The second-order valence-corrected chi connectivity index (χ2v) is 7.22. The zero-order chi connectivity index (χ0) is 17.9. The SMILES string of the molecule is O=C1NCCCN(Cc2cc(=O)[nH]c(C3CC3)n2)C1Cc1ccccc1. The normalized spacial score (nSPS) is 21.2. The van der Waals surface area contributed by atoms with Crippen LogP contribution in [0.4, 0.5) is 0 Å². The van der Waals surface area contributed by atoms with Crippen molar-refractivity contribution in [3.8, 4) is 0 Å². The highest BCUT2D eigenvalue weighted by atomic mass is 16.2. The number of aromatic nitrogens is 2. The molecule has 0 bridgehead atoms. The van der Waals surface area contributed by atoms with Crippen LogP contribution in [0.15, 0.2) is 41.2 Å². The standard InChI is InChI=1S/C20H24N4O2/c25-18-12-16(22-19(23-18)15-7-8-15)13-24-10-4-9-21-20(26)17(24)11-14-5-2-1-3-6-14/h1-3,5-6,12,15,17H,4,7-11,13H2,(H,21,26)(H,22,23,25). The van der Waals surface area contributed by atoms with Gasteiger partial charge >= 0.3 is 0 Å². The molecule has 2 aromatic rings. The van der Waals surface area contributed by atoms with Crippen LogP contribution in [0.5, 0.6) is 0 Å². The predicted molar refractivity (Wildman–Crippen MR) is 98.8 cm³/mol. The van der Waals surface area contributed by atoms with Crippen LogP contribution in [0.1, 0.15) is 42.3 Å². The van der Waals surface area contributed by atoms with Gasteiger partial charge < -0.3 is 10.3 Å². The Kier molecular flexibility index (Phi) is 4.84. The largest absolute Gasteiger partial charge is 0.355 e. The van der Waals surface area contributed by atoms with E-state index >= 15 is 0 Å². The lowest BCUT2D eigenvalue weighted by Crippen LogP contribution is -2.45. The Hall–Kier alpha value is -2.47. The molecule has 1 amide bonds. The number of nitrogens with one attached hydrogen (secondary N) is 2. The lowest BCUT2D eigenvalue weighted by Gasteiger charge is -2.28. The van der Waals surface area contributed by atoms with Gasteiger partial charge in [-0.2, -0.15) is 0 Å². The summed E-state index contributed by atoms with van der Waals surface area (Å²) in [5.41, 5.74) is 1.79. The van der Waals surface area contributed by atoms with Gasteiger partial charge in [-0.05, 0) is 31.2 Å². The molecule has 2 heterocycles. The van der Waals surface area contributed by atoms with Crippen LogP contribution >= 0.6 is 0 Å². The molecule has 1 aromatic heterocycles. The predicted octanol–water partition coefficient (Wildman–Crippen LogP) is 1.58. The van der Waals surface area contributed by atoms with Crippen molar-refractivity contribution in [3.63, 3.8) is 0 Å². The molecule has 1 aromatic carbocycles. The fraction of sp³-hybridized carbons (Fsp3) is 0.450. The summed E-state index contributed by atoms with van der Waals surface area (Å²) in [5, 5.41) is 3.01. The molecule has 6 heteroatoms. The van der Waals surface area contributed by atoms with Crippen LogP contribution in [0.2, 0.25) is 0 Å². The fourth-order valence-corrected chi connectivity index (χ4v) is 3.55. The van der Waals surface area contributed by atoms with Gasteiger partial charge in [0.05, 0.1) is 11.7 Å². The summed E-state index contributed by atoms with van der Waals surface area (Å²) >= 11 is 0. The summed E-state index contributed by atoms with van der Waals surface area (Å²) < 4.78 is 0. The molecular weight excluding hydrogens is 328 g/mol. The maximum Gasteiger partial charge on any atom is 0.251 e. The molecule has 1 saturated carbocycles. The first kappa shape index (κ1) is 17.0. The van der Waals surface area contributed by atoms with Gasteiger partial charge in [0.25, 0.3) is 5.56 Å². The highest BCUT2D eigenvalue weighted by molar-refractivity contribution is 5.82. The summed E-state index contributed by atoms with van der Waals surface area (Å²) in [4.78, 5) is 34.3. The van der Waals surface area contributed by atoms with E-state index in [1.54, 1.807) is 6.07 Å². The molecule has 6 nitrogen and oxygen atoms in total. The number of benzene rings is 1. The van der Waals surface area contributed by atoms with Crippen LogP contribution < -0.4 is 10.9 Å². The summed E-state index contributed by atoms with van der Waals surface area (Å²) in [5.74, 6) is 1.25. The van der Waals surface area contributed by atoms with Gasteiger partial charge in [0.15, 0.2) is 0 Å². The first-order valence-corrected chi connectivity index (χ1v) is 9.35. The van der Waals surface area contributed by atoms with Gasteiger partial charge in [-0.3, -0.25) is 14.5 Å². The van der Waals surface area contributed by atoms with E-state index in [0.717, 1.165) is 42.9 Å². The molecule has 1 atom stereocenters. The van der Waals surface area contributed by atoms with Crippen molar-refractivity contribution < 1.29 is 4.79 Å². The molecule has 26 heavy (non-hydrogen) atoms. The molecule has 1 saturated heterocycles. The first-order valence-electron chi connectivity index (χ1n) is 9.35. The second-order valence-electron chi connectivity index (χ2n) is 7.22. The van der Waals surface area contributed by atoms with E-state index in [0.29, 0.717) is 25.4 Å². The Morgan fingerprint density at radius 1 is 1.15 bits per heavy atom. The Morgan fingerprint density at radius 3 is 2.73 bits per heavy atom. The lowest BCUT2D eigenvalue weighted by molar-refractivity contribution is -0.125. The Balaban J connectivity index is 1.57. The van der Waals surface area contributed by atoms with E-state index in [-0.39, 0.29) is 17.5 Å². The zero-order valence-electron chi connectivity index (χ0n) is 14.8. The minimum absolute atomic E-state index is 0.0543. The topological polar surface area (TPSA) is 78.1 Å². The van der Waals surface area contributed by atoms with Gasteiger partial charge in [0.2, 0.25) is 5.91 Å².